The molecule has 1 aromatic carbocycles. The minimum absolute atomic E-state index is 0.142. The summed E-state index contributed by atoms with van der Waals surface area (Å²) >= 11 is 11.4. The van der Waals surface area contributed by atoms with Crippen molar-refractivity contribution in [2.24, 2.45) is 0 Å². The van der Waals surface area contributed by atoms with E-state index in [1.54, 1.807) is 0 Å². The SMILES string of the molecule is O=C(Cc1c(F)cccc1Cl)Nc1ccc(Cl)nn1. The maximum absolute atomic E-state index is 13.5. The quantitative estimate of drug-likeness (QED) is 0.947. The lowest BCUT2D eigenvalue weighted by atomic mass is 10.1. The Bertz CT molecular complexity index is 584. The molecule has 1 N–H and O–H groups in total. The molecular formula is C12H8Cl2FN3O. The Morgan fingerprint density at radius 2 is 2.00 bits per heavy atom. The van der Waals surface area contributed by atoms with Gasteiger partial charge in [-0.05, 0) is 24.3 Å². The van der Waals surface area contributed by atoms with E-state index in [2.05, 4.69) is 15.5 Å². The maximum atomic E-state index is 13.5. The zero-order chi connectivity index (χ0) is 13.8. The molecule has 0 aliphatic rings. The summed E-state index contributed by atoms with van der Waals surface area (Å²) in [6.07, 6.45) is -0.185. The van der Waals surface area contributed by atoms with E-state index < -0.39 is 11.7 Å². The first kappa shape index (κ1) is 13.7. The van der Waals surface area contributed by atoms with Gasteiger partial charge in [0.05, 0.1) is 6.42 Å². The number of hydrogen-bond donors (Lipinski definition) is 1. The van der Waals surface area contributed by atoms with Crippen molar-refractivity contribution < 1.29 is 9.18 Å². The summed E-state index contributed by atoms with van der Waals surface area (Å²) in [5.41, 5.74) is 0.142. The normalized spacial score (nSPS) is 10.3. The van der Waals surface area contributed by atoms with E-state index in [1.165, 1.54) is 30.3 Å². The van der Waals surface area contributed by atoms with Crippen LogP contribution in [0.3, 0.4) is 0 Å². The predicted octanol–water partition coefficient (Wildman–Crippen LogP) is 3.10. The van der Waals surface area contributed by atoms with Gasteiger partial charge in [0.2, 0.25) is 5.91 Å². The standard InChI is InChI=1S/C12H8Cl2FN3O/c13-8-2-1-3-9(15)7(8)6-12(19)16-11-5-4-10(14)17-18-11/h1-5H,6H2,(H,16,18,19). The Labute approximate surface area is 118 Å². The molecule has 0 atom stereocenters. The molecule has 7 heteroatoms. The molecule has 1 aromatic heterocycles. The topological polar surface area (TPSA) is 54.9 Å². The molecular weight excluding hydrogens is 292 g/mol. The molecule has 2 aromatic rings. The molecule has 4 nitrogen and oxygen atoms in total. The fourth-order valence-corrected chi connectivity index (χ4v) is 1.76. The van der Waals surface area contributed by atoms with Crippen LogP contribution in [0.25, 0.3) is 0 Å². The summed E-state index contributed by atoms with van der Waals surface area (Å²) in [5, 5.41) is 10.1. The molecule has 2 rings (SSSR count). The van der Waals surface area contributed by atoms with Crippen molar-refractivity contribution in [3.63, 3.8) is 0 Å². The summed E-state index contributed by atoms with van der Waals surface area (Å²) in [5.74, 6) is -0.727. The van der Waals surface area contributed by atoms with Crippen LogP contribution >= 0.6 is 23.2 Å². The molecule has 0 spiro atoms. The van der Waals surface area contributed by atoms with E-state index in [0.717, 1.165) is 0 Å². The average Bonchev–Trinajstić information content (AvgIpc) is 2.37. The second-order valence-corrected chi connectivity index (χ2v) is 4.46. The number of carbonyl (C=O) groups is 1. The molecule has 0 radical (unpaired) electrons. The minimum Gasteiger partial charge on any atom is -0.309 e. The Morgan fingerprint density at radius 1 is 1.21 bits per heavy atom. The van der Waals surface area contributed by atoms with Crippen LogP contribution < -0.4 is 5.32 Å². The molecule has 0 bridgehead atoms. The smallest absolute Gasteiger partial charge is 0.230 e. The summed E-state index contributed by atoms with van der Waals surface area (Å²) in [6, 6.07) is 7.23. The zero-order valence-corrected chi connectivity index (χ0v) is 11.0. The van der Waals surface area contributed by atoms with Gasteiger partial charge in [0.1, 0.15) is 5.82 Å². The molecule has 1 heterocycles. The van der Waals surface area contributed by atoms with Gasteiger partial charge in [-0.1, -0.05) is 29.3 Å². The molecule has 0 aliphatic heterocycles. The molecule has 0 fully saturated rings. The highest BCUT2D eigenvalue weighted by Gasteiger charge is 2.12. The van der Waals surface area contributed by atoms with Crippen LogP contribution in [0.2, 0.25) is 10.2 Å². The number of benzene rings is 1. The molecule has 98 valence electrons. The Kier molecular flexibility index (Phi) is 4.29. The van der Waals surface area contributed by atoms with Crippen molar-refractivity contribution in [1.82, 2.24) is 10.2 Å². The number of hydrogen-bond acceptors (Lipinski definition) is 3. The molecule has 0 saturated heterocycles. The van der Waals surface area contributed by atoms with Gasteiger partial charge in [-0.2, -0.15) is 0 Å². The van der Waals surface area contributed by atoms with Crippen molar-refractivity contribution in [3.05, 3.63) is 51.9 Å². The van der Waals surface area contributed by atoms with Crippen LogP contribution in [0.4, 0.5) is 10.2 Å². The van der Waals surface area contributed by atoms with Crippen molar-refractivity contribution in [2.45, 2.75) is 6.42 Å². The van der Waals surface area contributed by atoms with Crippen LogP contribution in [0, 0.1) is 5.82 Å². The van der Waals surface area contributed by atoms with Gasteiger partial charge < -0.3 is 5.32 Å². The van der Waals surface area contributed by atoms with Gasteiger partial charge in [0.15, 0.2) is 11.0 Å². The van der Waals surface area contributed by atoms with Crippen LogP contribution in [0.15, 0.2) is 30.3 Å². The molecule has 19 heavy (non-hydrogen) atoms. The Balaban J connectivity index is 2.07. The predicted molar refractivity (Wildman–Crippen MR) is 70.8 cm³/mol. The van der Waals surface area contributed by atoms with E-state index in [1.807, 2.05) is 0 Å². The molecule has 1 amide bonds. The fourth-order valence-electron chi connectivity index (χ4n) is 1.43. The third-order valence-electron chi connectivity index (χ3n) is 2.30. The van der Waals surface area contributed by atoms with E-state index in [9.17, 15) is 9.18 Å². The summed E-state index contributed by atoms with van der Waals surface area (Å²) in [6.45, 7) is 0. The number of nitrogens with zero attached hydrogens (tertiary/aromatic N) is 2. The second kappa shape index (κ2) is 5.95. The third-order valence-corrected chi connectivity index (χ3v) is 2.85. The Hall–Kier alpha value is -1.72. The van der Waals surface area contributed by atoms with E-state index >= 15 is 0 Å². The average molecular weight is 300 g/mol. The number of halogens is 3. The highest BCUT2D eigenvalue weighted by molar-refractivity contribution is 6.31. The minimum atomic E-state index is -0.523. The van der Waals surface area contributed by atoms with Crippen LogP contribution in [-0.2, 0) is 11.2 Å². The van der Waals surface area contributed by atoms with Crippen LogP contribution in [-0.4, -0.2) is 16.1 Å². The second-order valence-electron chi connectivity index (χ2n) is 3.67. The lowest BCUT2D eigenvalue weighted by Gasteiger charge is -2.06. The van der Waals surface area contributed by atoms with Gasteiger partial charge in [-0.15, -0.1) is 10.2 Å². The van der Waals surface area contributed by atoms with Gasteiger partial charge >= 0.3 is 0 Å². The number of rotatable bonds is 3. The van der Waals surface area contributed by atoms with Crippen LogP contribution in [0.5, 0.6) is 0 Å². The van der Waals surface area contributed by atoms with Gasteiger partial charge in [0.25, 0.3) is 0 Å². The van der Waals surface area contributed by atoms with Gasteiger partial charge in [-0.3, -0.25) is 4.79 Å². The van der Waals surface area contributed by atoms with E-state index in [-0.39, 0.29) is 28.0 Å². The first-order chi connectivity index (χ1) is 9.06. The van der Waals surface area contributed by atoms with Crippen molar-refractivity contribution >= 4 is 34.9 Å². The van der Waals surface area contributed by atoms with Crippen molar-refractivity contribution in [2.75, 3.05) is 5.32 Å². The summed E-state index contributed by atoms with van der Waals surface area (Å²) in [4.78, 5) is 11.7. The first-order valence-electron chi connectivity index (χ1n) is 5.28. The summed E-state index contributed by atoms with van der Waals surface area (Å²) in [7, 11) is 0. The number of nitrogens with one attached hydrogen (secondary N) is 1. The highest BCUT2D eigenvalue weighted by atomic mass is 35.5. The Morgan fingerprint density at radius 3 is 2.63 bits per heavy atom. The van der Waals surface area contributed by atoms with Crippen LogP contribution in [0.1, 0.15) is 5.56 Å². The number of anilines is 1. The summed E-state index contributed by atoms with van der Waals surface area (Å²) < 4.78 is 13.5. The monoisotopic (exact) mass is 299 g/mol. The third kappa shape index (κ3) is 3.62. The molecule has 0 saturated carbocycles. The lowest BCUT2D eigenvalue weighted by molar-refractivity contribution is -0.115. The number of aromatic nitrogens is 2. The first-order valence-corrected chi connectivity index (χ1v) is 6.04. The zero-order valence-electron chi connectivity index (χ0n) is 9.53. The van der Waals surface area contributed by atoms with Crippen molar-refractivity contribution in [1.29, 1.82) is 0 Å². The highest BCUT2D eigenvalue weighted by Crippen LogP contribution is 2.19. The van der Waals surface area contributed by atoms with Crippen molar-refractivity contribution in [3.8, 4) is 0 Å². The van der Waals surface area contributed by atoms with E-state index in [4.69, 9.17) is 23.2 Å². The largest absolute Gasteiger partial charge is 0.309 e. The van der Waals surface area contributed by atoms with E-state index in [0.29, 0.717) is 0 Å². The number of amides is 1. The molecule has 0 unspecified atom stereocenters. The van der Waals surface area contributed by atoms with Gasteiger partial charge in [0, 0.05) is 10.6 Å². The van der Waals surface area contributed by atoms with Gasteiger partial charge in [-0.25, -0.2) is 4.39 Å². The maximum Gasteiger partial charge on any atom is 0.230 e. The lowest BCUT2D eigenvalue weighted by Crippen LogP contribution is -2.16. The molecule has 0 aliphatic carbocycles. The fraction of sp³-hybridized carbons (Fsp3) is 0.0833. The number of carbonyl (C=O) groups excluding carboxylic acids is 1.